The number of hydrogen-bond donors (Lipinski definition) is 0. The van der Waals surface area contributed by atoms with Crippen LogP contribution in [0.1, 0.15) is 5.56 Å². The quantitative estimate of drug-likeness (QED) is 0.515. The van der Waals surface area contributed by atoms with Gasteiger partial charge in [0.2, 0.25) is 0 Å². The molecule has 0 aliphatic rings. The molecule has 0 spiro atoms. The summed E-state index contributed by atoms with van der Waals surface area (Å²) in [6.07, 6.45) is -4.41. The highest BCUT2D eigenvalue weighted by Crippen LogP contribution is 2.38. The van der Waals surface area contributed by atoms with E-state index in [0.717, 1.165) is 12.1 Å². The summed E-state index contributed by atoms with van der Waals surface area (Å²) >= 11 is 6.36. The molecule has 0 N–H and O–H groups in total. The number of hydrogen-bond acceptors (Lipinski definition) is 0. The van der Waals surface area contributed by atoms with Gasteiger partial charge in [-0.2, -0.15) is 13.2 Å². The van der Waals surface area contributed by atoms with E-state index >= 15 is 0 Å². The molecule has 0 radical (unpaired) electrons. The van der Waals surface area contributed by atoms with Crippen molar-refractivity contribution in [2.75, 3.05) is 0 Å². The van der Waals surface area contributed by atoms with Gasteiger partial charge in [-0.3, -0.25) is 0 Å². The number of benzene rings is 2. The highest BCUT2D eigenvalue weighted by atomic mass is 79.9. The molecule has 0 aliphatic heterocycles. The lowest BCUT2D eigenvalue weighted by molar-refractivity contribution is -0.137. The first kappa shape index (κ1) is 14.5. The number of rotatable bonds is 1. The van der Waals surface area contributed by atoms with E-state index in [4.69, 9.17) is 0 Å². The van der Waals surface area contributed by atoms with Gasteiger partial charge in [-0.25, -0.2) is 4.39 Å². The minimum absolute atomic E-state index is 0.349. The first-order valence-corrected chi connectivity index (χ1v) is 6.70. The van der Waals surface area contributed by atoms with Gasteiger partial charge in [-0.05, 0) is 41.5 Å². The fraction of sp³-hybridized carbons (Fsp3) is 0.0769. The van der Waals surface area contributed by atoms with Crippen LogP contribution in [-0.4, -0.2) is 0 Å². The van der Waals surface area contributed by atoms with E-state index in [-0.39, 0.29) is 0 Å². The highest BCUT2D eigenvalue weighted by molar-refractivity contribution is 9.11. The first-order valence-electron chi connectivity index (χ1n) is 5.11. The van der Waals surface area contributed by atoms with Crippen molar-refractivity contribution in [2.24, 2.45) is 0 Å². The Labute approximate surface area is 123 Å². The van der Waals surface area contributed by atoms with Crippen LogP contribution in [0.25, 0.3) is 11.1 Å². The molecule has 100 valence electrons. The first-order chi connectivity index (χ1) is 8.79. The van der Waals surface area contributed by atoms with Crippen LogP contribution in [-0.2, 0) is 6.18 Å². The Kier molecular flexibility index (Phi) is 4.01. The lowest BCUT2D eigenvalue weighted by atomic mass is 10.0. The van der Waals surface area contributed by atoms with Crippen LogP contribution < -0.4 is 0 Å². The van der Waals surface area contributed by atoms with E-state index in [1.165, 1.54) is 24.3 Å². The van der Waals surface area contributed by atoms with Crippen LogP contribution in [0.5, 0.6) is 0 Å². The van der Waals surface area contributed by atoms with Gasteiger partial charge in [0.1, 0.15) is 5.82 Å². The summed E-state index contributed by atoms with van der Waals surface area (Å²) in [7, 11) is 0. The summed E-state index contributed by atoms with van der Waals surface area (Å²) in [6.45, 7) is 0. The maximum Gasteiger partial charge on any atom is 0.416 e. The zero-order chi connectivity index (χ0) is 14.2. The van der Waals surface area contributed by atoms with Gasteiger partial charge in [0.25, 0.3) is 0 Å². The SMILES string of the molecule is Fc1ccc(-c2cc(C(F)(F)F)ccc2Br)c(Br)c1. The molecule has 2 rings (SSSR count). The maximum atomic E-state index is 13.0. The van der Waals surface area contributed by atoms with Crippen LogP contribution in [0.2, 0.25) is 0 Å². The Morgan fingerprint density at radius 2 is 1.47 bits per heavy atom. The third-order valence-electron chi connectivity index (χ3n) is 2.51. The van der Waals surface area contributed by atoms with Crippen molar-refractivity contribution in [3.05, 3.63) is 56.7 Å². The van der Waals surface area contributed by atoms with E-state index in [2.05, 4.69) is 31.9 Å². The third-order valence-corrected chi connectivity index (χ3v) is 3.86. The van der Waals surface area contributed by atoms with Crippen molar-refractivity contribution in [1.82, 2.24) is 0 Å². The molecule has 6 heteroatoms. The minimum atomic E-state index is -4.41. The zero-order valence-corrected chi connectivity index (χ0v) is 12.4. The van der Waals surface area contributed by atoms with Crippen molar-refractivity contribution in [1.29, 1.82) is 0 Å². The van der Waals surface area contributed by atoms with Gasteiger partial charge < -0.3 is 0 Å². The molecule has 0 fully saturated rings. The topological polar surface area (TPSA) is 0 Å². The Bertz CT molecular complexity index is 621. The molecule has 0 aromatic heterocycles. The molecule has 0 saturated heterocycles. The summed E-state index contributed by atoms with van der Waals surface area (Å²) in [5.41, 5.74) is 0.0861. The molecular weight excluding hydrogens is 392 g/mol. The van der Waals surface area contributed by atoms with E-state index in [0.29, 0.717) is 20.1 Å². The summed E-state index contributed by atoms with van der Waals surface area (Å²) in [4.78, 5) is 0. The Hall–Kier alpha value is -0.880. The van der Waals surface area contributed by atoms with Crippen LogP contribution in [0.3, 0.4) is 0 Å². The van der Waals surface area contributed by atoms with Crippen molar-refractivity contribution in [2.45, 2.75) is 6.18 Å². The van der Waals surface area contributed by atoms with Crippen molar-refractivity contribution >= 4 is 31.9 Å². The van der Waals surface area contributed by atoms with Crippen molar-refractivity contribution < 1.29 is 17.6 Å². The Morgan fingerprint density at radius 3 is 2.05 bits per heavy atom. The van der Waals surface area contributed by atoms with Gasteiger partial charge in [0.05, 0.1) is 5.56 Å². The average Bonchev–Trinajstić information content (AvgIpc) is 2.29. The molecule has 0 bridgehead atoms. The zero-order valence-electron chi connectivity index (χ0n) is 9.23. The lowest BCUT2D eigenvalue weighted by Crippen LogP contribution is -2.04. The molecule has 2 aromatic carbocycles. The monoisotopic (exact) mass is 396 g/mol. The van der Waals surface area contributed by atoms with Gasteiger partial charge in [0.15, 0.2) is 0 Å². The molecule has 0 unspecified atom stereocenters. The highest BCUT2D eigenvalue weighted by Gasteiger charge is 2.31. The summed E-state index contributed by atoms with van der Waals surface area (Å²) in [6, 6.07) is 7.19. The average molecular weight is 398 g/mol. The van der Waals surface area contributed by atoms with E-state index in [1.54, 1.807) is 0 Å². The predicted molar refractivity (Wildman–Crippen MR) is 72.2 cm³/mol. The molecule has 19 heavy (non-hydrogen) atoms. The second kappa shape index (κ2) is 5.25. The van der Waals surface area contributed by atoms with Gasteiger partial charge in [0, 0.05) is 8.95 Å². The summed E-state index contributed by atoms with van der Waals surface area (Å²) < 4.78 is 52.0. The molecule has 0 amide bonds. The molecule has 0 heterocycles. The van der Waals surface area contributed by atoms with E-state index in [1.807, 2.05) is 0 Å². The van der Waals surface area contributed by atoms with Gasteiger partial charge in [-0.1, -0.05) is 37.9 Å². The summed E-state index contributed by atoms with van der Waals surface area (Å²) in [5.74, 6) is -0.460. The Morgan fingerprint density at radius 1 is 0.789 bits per heavy atom. The van der Waals surface area contributed by atoms with Crippen LogP contribution >= 0.6 is 31.9 Å². The fourth-order valence-corrected chi connectivity index (χ4v) is 2.64. The summed E-state index contributed by atoms with van der Waals surface area (Å²) in [5, 5.41) is 0. The molecule has 2 aromatic rings. The van der Waals surface area contributed by atoms with E-state index in [9.17, 15) is 17.6 Å². The Balaban J connectivity index is 2.61. The smallest absolute Gasteiger partial charge is 0.207 e. The predicted octanol–water partition coefficient (Wildman–Crippen LogP) is 6.04. The van der Waals surface area contributed by atoms with Gasteiger partial charge in [-0.15, -0.1) is 0 Å². The lowest BCUT2D eigenvalue weighted by Gasteiger charge is -2.12. The maximum absolute atomic E-state index is 13.0. The molecule has 0 nitrogen and oxygen atoms in total. The molecular formula is C13H6Br2F4. The van der Waals surface area contributed by atoms with Gasteiger partial charge >= 0.3 is 6.18 Å². The van der Waals surface area contributed by atoms with Crippen molar-refractivity contribution in [3.63, 3.8) is 0 Å². The second-order valence-electron chi connectivity index (χ2n) is 3.82. The normalized spacial score (nSPS) is 11.7. The van der Waals surface area contributed by atoms with Crippen LogP contribution in [0, 0.1) is 5.82 Å². The second-order valence-corrected chi connectivity index (χ2v) is 5.53. The van der Waals surface area contributed by atoms with E-state index < -0.39 is 17.6 Å². The fourth-order valence-electron chi connectivity index (χ4n) is 1.62. The minimum Gasteiger partial charge on any atom is -0.207 e. The number of halogens is 6. The molecule has 0 saturated carbocycles. The third kappa shape index (κ3) is 3.17. The largest absolute Gasteiger partial charge is 0.416 e. The molecule has 0 atom stereocenters. The van der Waals surface area contributed by atoms with Crippen LogP contribution in [0.15, 0.2) is 45.3 Å². The van der Waals surface area contributed by atoms with Crippen molar-refractivity contribution in [3.8, 4) is 11.1 Å². The standard InChI is InChI=1S/C13H6Br2F4/c14-11-4-1-7(13(17,18)19)5-10(11)9-3-2-8(16)6-12(9)15/h1-6H. The number of alkyl halides is 3. The molecule has 0 aliphatic carbocycles. The van der Waals surface area contributed by atoms with Crippen LogP contribution in [0.4, 0.5) is 17.6 Å².